The highest BCUT2D eigenvalue weighted by Crippen LogP contribution is 2.30. The van der Waals surface area contributed by atoms with Gasteiger partial charge in [0.1, 0.15) is 5.69 Å². The maximum Gasteiger partial charge on any atom is 0.340 e. The Kier molecular flexibility index (Phi) is 4.70. The summed E-state index contributed by atoms with van der Waals surface area (Å²) in [6.45, 7) is 2.47. The number of hydrogen-bond donors (Lipinski definition) is 3. The molecule has 1 aromatic carbocycles. The number of anilines is 2. The Morgan fingerprint density at radius 1 is 1.12 bits per heavy atom. The second-order valence-electron chi connectivity index (χ2n) is 5.44. The van der Waals surface area contributed by atoms with E-state index in [9.17, 15) is 14.9 Å². The van der Waals surface area contributed by atoms with Gasteiger partial charge in [0, 0.05) is 50.2 Å². The van der Waals surface area contributed by atoms with Crippen molar-refractivity contribution in [1.29, 1.82) is 0 Å². The van der Waals surface area contributed by atoms with Crippen LogP contribution in [0.5, 0.6) is 0 Å². The molecule has 1 fully saturated rings. The van der Waals surface area contributed by atoms with Crippen molar-refractivity contribution in [3.05, 3.63) is 47.1 Å². The molecule has 0 aliphatic carbocycles. The molecule has 25 heavy (non-hydrogen) atoms. The molecule has 1 saturated heterocycles. The number of nitrogens with one attached hydrogen (secondary N) is 1. The zero-order chi connectivity index (χ0) is 17.8. The average Bonchev–Trinajstić information content (AvgIpc) is 2.67. The third-order valence-electron chi connectivity index (χ3n) is 4.00. The molecule has 3 rings (SSSR count). The molecule has 10 nitrogen and oxygen atoms in total. The normalized spacial score (nSPS) is 14.3. The van der Waals surface area contributed by atoms with Gasteiger partial charge in [-0.25, -0.2) is 20.7 Å². The molecule has 1 aromatic heterocycles. The fraction of sp³-hybridized carbons (Fsp3) is 0.267. The van der Waals surface area contributed by atoms with Crippen LogP contribution >= 0.6 is 0 Å². The molecule has 2 aromatic rings. The van der Waals surface area contributed by atoms with Gasteiger partial charge in [0.25, 0.3) is 10.8 Å². The number of nitrogens with zero attached hydrogens (tertiary/aromatic N) is 5. The molecule has 0 spiro atoms. The van der Waals surface area contributed by atoms with Crippen molar-refractivity contribution in [3.63, 3.8) is 0 Å². The van der Waals surface area contributed by atoms with Gasteiger partial charge in [-0.3, -0.25) is 10.0 Å². The van der Waals surface area contributed by atoms with Crippen molar-refractivity contribution in [3.8, 4) is 0 Å². The largest absolute Gasteiger partial charge is 0.362 e. The van der Waals surface area contributed by atoms with Gasteiger partial charge in [0.15, 0.2) is 0 Å². The molecule has 1 aliphatic rings. The minimum absolute atomic E-state index is 0.0625. The predicted molar refractivity (Wildman–Crippen MR) is 87.2 cm³/mol. The molecule has 2 heterocycles. The first kappa shape index (κ1) is 16.6. The van der Waals surface area contributed by atoms with Crippen molar-refractivity contribution in [2.45, 2.75) is 0 Å². The molecule has 0 saturated carbocycles. The summed E-state index contributed by atoms with van der Waals surface area (Å²) in [6, 6.07) is 6.01. The highest BCUT2D eigenvalue weighted by Gasteiger charge is 2.28. The smallest absolute Gasteiger partial charge is 0.340 e. The highest BCUT2D eigenvalue weighted by molar-refractivity contribution is 5.95. The van der Waals surface area contributed by atoms with E-state index < -0.39 is 5.91 Å². The van der Waals surface area contributed by atoms with Gasteiger partial charge in [-0.05, 0) is 18.2 Å². The van der Waals surface area contributed by atoms with Crippen LogP contribution in [0.2, 0.25) is 0 Å². The highest BCUT2D eigenvalue weighted by atomic mass is 16.6. The van der Waals surface area contributed by atoms with Crippen LogP contribution in [0.3, 0.4) is 0 Å². The Hall–Kier alpha value is -3.27. The lowest BCUT2D eigenvalue weighted by Gasteiger charge is -2.35. The molecule has 3 N–H and O–H groups in total. The van der Waals surface area contributed by atoms with E-state index in [0.717, 1.165) is 0 Å². The summed E-state index contributed by atoms with van der Waals surface area (Å²) in [4.78, 5) is 35.1. The maximum absolute atomic E-state index is 11.5. The molecule has 0 bridgehead atoms. The minimum Gasteiger partial charge on any atom is -0.362 e. The monoisotopic (exact) mass is 345 g/mol. The van der Waals surface area contributed by atoms with Crippen molar-refractivity contribution in [2.24, 2.45) is 0 Å². The van der Waals surface area contributed by atoms with E-state index >= 15 is 0 Å². The number of carbonyl (C=O) groups is 1. The number of piperazine rings is 1. The zero-order valence-corrected chi connectivity index (χ0v) is 13.2. The Bertz CT molecular complexity index is 777. The van der Waals surface area contributed by atoms with E-state index in [-0.39, 0.29) is 16.2 Å². The first-order chi connectivity index (χ1) is 12.1. The van der Waals surface area contributed by atoms with Crippen molar-refractivity contribution in [2.75, 3.05) is 36.0 Å². The van der Waals surface area contributed by atoms with Crippen LogP contribution in [0, 0.1) is 4.91 Å². The molecule has 0 atom stereocenters. The van der Waals surface area contributed by atoms with Gasteiger partial charge >= 0.3 is 5.69 Å². The Labute approximate surface area is 142 Å². The minimum atomic E-state index is -0.763. The summed E-state index contributed by atoms with van der Waals surface area (Å²) < 4.78 is 0. The van der Waals surface area contributed by atoms with E-state index in [1.54, 1.807) is 24.5 Å². The number of hydrogen-bond acceptors (Lipinski definition) is 7. The van der Waals surface area contributed by atoms with Crippen molar-refractivity contribution < 1.29 is 20.1 Å². The summed E-state index contributed by atoms with van der Waals surface area (Å²) in [5.74, 6) is -0.120. The number of amides is 1. The van der Waals surface area contributed by atoms with Gasteiger partial charge in [0.05, 0.1) is 4.91 Å². The van der Waals surface area contributed by atoms with Crippen molar-refractivity contribution >= 4 is 23.2 Å². The number of carbonyl (C=O) groups excluding carboxylic acids is 1. The van der Waals surface area contributed by atoms with Gasteiger partial charge in [-0.2, -0.15) is 0 Å². The van der Waals surface area contributed by atoms with Gasteiger partial charge < -0.3 is 9.80 Å². The Balaban J connectivity index is 1.78. The standard InChI is InChI=1S/C15H16N6O4/c22-14(18-23)11-2-3-12(13(10-11)21(24)25)19-6-8-20(9-7-19)15-16-4-1-5-17-15/h1-5,10H,6-9H2,(H2-,18,22,23,24,25)/p+1. The first-order valence-electron chi connectivity index (χ1n) is 7.61. The quantitative estimate of drug-likeness (QED) is 0.547. The van der Waals surface area contributed by atoms with Crippen LogP contribution < -0.4 is 15.3 Å². The van der Waals surface area contributed by atoms with E-state index in [1.807, 2.05) is 9.80 Å². The third-order valence-corrected chi connectivity index (χ3v) is 4.00. The van der Waals surface area contributed by atoms with Gasteiger partial charge in [-0.1, -0.05) is 0 Å². The zero-order valence-electron chi connectivity index (χ0n) is 13.2. The molecule has 10 heteroatoms. The van der Waals surface area contributed by atoms with Crippen LogP contribution in [0.1, 0.15) is 10.4 Å². The summed E-state index contributed by atoms with van der Waals surface area (Å²) >= 11 is 0. The third kappa shape index (κ3) is 3.48. The topological polar surface area (TPSA) is 122 Å². The lowest BCUT2D eigenvalue weighted by atomic mass is 10.1. The van der Waals surface area contributed by atoms with E-state index in [1.165, 1.54) is 17.6 Å². The molecule has 1 amide bonds. The maximum atomic E-state index is 11.5. The van der Waals surface area contributed by atoms with Crippen LogP contribution in [-0.4, -0.2) is 57.4 Å². The summed E-state index contributed by atoms with van der Waals surface area (Å²) in [6.07, 6.45) is 3.36. The number of rotatable bonds is 4. The number of benzene rings is 1. The fourth-order valence-corrected chi connectivity index (χ4v) is 2.75. The van der Waals surface area contributed by atoms with Crippen molar-refractivity contribution in [1.82, 2.24) is 15.4 Å². The summed E-state index contributed by atoms with van der Waals surface area (Å²) in [5, 5.41) is 18.1. The van der Waals surface area contributed by atoms with Gasteiger partial charge in [0.2, 0.25) is 5.95 Å². The predicted octanol–water partition coefficient (Wildman–Crippen LogP) is 0.722. The first-order valence-corrected chi connectivity index (χ1v) is 7.61. The molecular formula is C15H17N6O4+. The van der Waals surface area contributed by atoms with Crippen LogP contribution in [0.25, 0.3) is 0 Å². The second-order valence-corrected chi connectivity index (χ2v) is 5.44. The van der Waals surface area contributed by atoms with E-state index in [0.29, 0.717) is 37.8 Å². The van der Waals surface area contributed by atoms with E-state index in [4.69, 9.17) is 5.21 Å². The summed E-state index contributed by atoms with van der Waals surface area (Å²) in [7, 11) is 0. The number of aromatic nitrogens is 2. The lowest BCUT2D eigenvalue weighted by Crippen LogP contribution is -2.47. The fourth-order valence-electron chi connectivity index (χ4n) is 2.75. The molecule has 0 unspecified atom stereocenters. The van der Waals surface area contributed by atoms with Gasteiger partial charge in [-0.15, -0.1) is 0 Å². The molecular weight excluding hydrogens is 328 g/mol. The molecule has 130 valence electrons. The Morgan fingerprint density at radius 3 is 2.36 bits per heavy atom. The lowest BCUT2D eigenvalue weighted by molar-refractivity contribution is -0.729. The SMILES string of the molecule is O=C(NO)c1ccc(N2CCN(c3ncccn3)CC2)c([N+](=O)O)c1. The van der Waals surface area contributed by atoms with Crippen LogP contribution in [-0.2, 0) is 0 Å². The molecule has 1 aliphatic heterocycles. The molecule has 0 radical (unpaired) electrons. The Morgan fingerprint density at radius 2 is 1.76 bits per heavy atom. The second kappa shape index (κ2) is 7.09. The van der Waals surface area contributed by atoms with Crippen LogP contribution in [0.15, 0.2) is 36.7 Å². The average molecular weight is 345 g/mol. The number of hydroxylamine groups is 1. The van der Waals surface area contributed by atoms with Crippen LogP contribution in [0.4, 0.5) is 17.3 Å². The van der Waals surface area contributed by atoms with E-state index in [2.05, 4.69) is 9.97 Å². The summed E-state index contributed by atoms with van der Waals surface area (Å²) in [5.41, 5.74) is 1.99.